The SMILES string of the molecule is COc1ccc(-c2c[n+](CC(=O)O[C@@H]3C[C@@H](C)CC[C@H]3C(C)C)c3n2CCCCC3)cc1. The molecule has 2 aromatic rings. The van der Waals surface area contributed by atoms with Crippen molar-refractivity contribution >= 4 is 5.97 Å². The summed E-state index contributed by atoms with van der Waals surface area (Å²) >= 11 is 0. The molecule has 32 heavy (non-hydrogen) atoms. The molecule has 4 rings (SSSR count). The van der Waals surface area contributed by atoms with Crippen LogP contribution in [-0.4, -0.2) is 23.8 Å². The Morgan fingerprint density at radius 1 is 1.16 bits per heavy atom. The predicted octanol–water partition coefficient (Wildman–Crippen LogP) is 5.18. The van der Waals surface area contributed by atoms with Gasteiger partial charge < -0.3 is 9.47 Å². The molecule has 1 aromatic carbocycles. The van der Waals surface area contributed by atoms with Crippen molar-refractivity contribution in [1.82, 2.24) is 4.57 Å². The number of carbonyl (C=O) groups is 1. The summed E-state index contributed by atoms with van der Waals surface area (Å²) in [6.07, 6.45) is 10.1. The second kappa shape index (κ2) is 10.1. The molecule has 174 valence electrons. The largest absolute Gasteiger partial charge is 0.497 e. The monoisotopic (exact) mass is 439 g/mol. The van der Waals surface area contributed by atoms with E-state index in [1.54, 1.807) is 7.11 Å². The fraction of sp³-hybridized carbons (Fsp3) is 0.630. The summed E-state index contributed by atoms with van der Waals surface area (Å²) in [6, 6.07) is 8.21. The summed E-state index contributed by atoms with van der Waals surface area (Å²) < 4.78 is 16.0. The number of hydrogen-bond acceptors (Lipinski definition) is 3. The fourth-order valence-corrected chi connectivity index (χ4v) is 5.57. The molecule has 2 heterocycles. The van der Waals surface area contributed by atoms with Crippen LogP contribution < -0.4 is 9.30 Å². The lowest BCUT2D eigenvalue weighted by Gasteiger charge is -2.36. The third-order valence-corrected chi connectivity index (χ3v) is 7.42. The first-order chi connectivity index (χ1) is 15.5. The van der Waals surface area contributed by atoms with Crippen LogP contribution >= 0.6 is 0 Å². The average Bonchev–Trinajstić information content (AvgIpc) is 2.94. The first-order valence-electron chi connectivity index (χ1n) is 12.4. The second-order valence-electron chi connectivity index (χ2n) is 10.1. The minimum atomic E-state index is -0.0984. The Bertz CT molecular complexity index is 916. The van der Waals surface area contributed by atoms with Crippen molar-refractivity contribution in [3.05, 3.63) is 36.3 Å². The molecule has 1 fully saturated rings. The Kier molecular flexibility index (Phi) is 7.22. The van der Waals surface area contributed by atoms with Gasteiger partial charge in [0.2, 0.25) is 0 Å². The molecule has 1 aliphatic carbocycles. The van der Waals surface area contributed by atoms with Crippen molar-refractivity contribution in [2.45, 2.75) is 84.9 Å². The number of imidazole rings is 1. The Labute approximate surface area is 192 Å². The topological polar surface area (TPSA) is 44.3 Å². The van der Waals surface area contributed by atoms with Crippen molar-refractivity contribution in [1.29, 1.82) is 0 Å². The van der Waals surface area contributed by atoms with Gasteiger partial charge in [-0.2, -0.15) is 0 Å². The standard InChI is InChI=1S/C27H39N2O3/c1-19(2)23-14-9-20(3)16-25(23)32-27(30)18-28-17-24(21-10-12-22(31-4)13-11-21)29-15-7-5-6-8-26(28)29/h10-13,17,19-20,23,25H,5-9,14-16,18H2,1-4H3/q+1/t20-,23-,25+/m0/s1. The van der Waals surface area contributed by atoms with E-state index in [0.717, 1.165) is 43.5 Å². The van der Waals surface area contributed by atoms with Crippen molar-refractivity contribution in [2.24, 2.45) is 17.8 Å². The Morgan fingerprint density at radius 2 is 1.94 bits per heavy atom. The van der Waals surface area contributed by atoms with Crippen LogP contribution in [0.25, 0.3) is 11.3 Å². The average molecular weight is 440 g/mol. The highest BCUT2D eigenvalue weighted by atomic mass is 16.5. The summed E-state index contributed by atoms with van der Waals surface area (Å²) in [6.45, 7) is 8.08. The molecule has 1 aliphatic heterocycles. The van der Waals surface area contributed by atoms with Crippen molar-refractivity contribution in [3.8, 4) is 17.0 Å². The molecule has 1 saturated carbocycles. The van der Waals surface area contributed by atoms with Gasteiger partial charge in [0, 0.05) is 12.0 Å². The zero-order valence-electron chi connectivity index (χ0n) is 20.2. The lowest BCUT2D eigenvalue weighted by molar-refractivity contribution is -0.692. The number of aromatic nitrogens is 2. The highest BCUT2D eigenvalue weighted by molar-refractivity contribution is 5.68. The van der Waals surface area contributed by atoms with Crippen LogP contribution in [0.2, 0.25) is 0 Å². The second-order valence-corrected chi connectivity index (χ2v) is 10.1. The quantitative estimate of drug-likeness (QED) is 0.460. The van der Waals surface area contributed by atoms with Gasteiger partial charge in [0.1, 0.15) is 18.1 Å². The minimum absolute atomic E-state index is 0.0501. The van der Waals surface area contributed by atoms with Crippen molar-refractivity contribution in [2.75, 3.05) is 7.11 Å². The summed E-state index contributed by atoms with van der Waals surface area (Å²) in [5, 5.41) is 0. The highest BCUT2D eigenvalue weighted by Gasteiger charge is 2.34. The maximum Gasteiger partial charge on any atom is 0.348 e. The zero-order chi connectivity index (χ0) is 22.7. The number of ether oxygens (including phenoxy) is 2. The van der Waals surface area contributed by atoms with E-state index in [0.29, 0.717) is 24.3 Å². The van der Waals surface area contributed by atoms with E-state index in [1.165, 1.54) is 30.8 Å². The predicted molar refractivity (Wildman–Crippen MR) is 125 cm³/mol. The molecule has 0 bridgehead atoms. The Hall–Kier alpha value is -2.30. The summed E-state index contributed by atoms with van der Waals surface area (Å²) in [5.41, 5.74) is 2.32. The maximum absolute atomic E-state index is 13.1. The first kappa shape index (κ1) is 22.9. The normalized spacial score (nSPS) is 23.5. The van der Waals surface area contributed by atoms with E-state index in [1.807, 2.05) is 12.1 Å². The summed E-state index contributed by atoms with van der Waals surface area (Å²) in [5.74, 6) is 3.64. The van der Waals surface area contributed by atoms with Gasteiger partial charge in [0.15, 0.2) is 12.2 Å². The van der Waals surface area contributed by atoms with E-state index in [2.05, 4.69) is 48.2 Å². The third kappa shape index (κ3) is 5.02. The molecular weight excluding hydrogens is 400 g/mol. The van der Waals surface area contributed by atoms with Crippen LogP contribution in [0, 0.1) is 17.8 Å². The van der Waals surface area contributed by atoms with Gasteiger partial charge in [-0.25, -0.2) is 13.9 Å². The van der Waals surface area contributed by atoms with E-state index >= 15 is 0 Å². The number of hydrogen-bond donors (Lipinski definition) is 0. The fourth-order valence-electron chi connectivity index (χ4n) is 5.57. The van der Waals surface area contributed by atoms with E-state index in [-0.39, 0.29) is 12.1 Å². The van der Waals surface area contributed by atoms with Crippen LogP contribution in [-0.2, 0) is 29.0 Å². The molecule has 0 saturated heterocycles. The Balaban J connectivity index is 1.56. The highest BCUT2D eigenvalue weighted by Crippen LogP contribution is 2.35. The third-order valence-electron chi connectivity index (χ3n) is 7.42. The zero-order valence-corrected chi connectivity index (χ0v) is 20.2. The molecule has 3 atom stereocenters. The van der Waals surface area contributed by atoms with Gasteiger partial charge in [-0.15, -0.1) is 0 Å². The summed E-state index contributed by atoms with van der Waals surface area (Å²) in [7, 11) is 1.69. The van der Waals surface area contributed by atoms with Gasteiger partial charge in [-0.05, 0) is 74.1 Å². The van der Waals surface area contributed by atoms with Gasteiger partial charge in [0.05, 0.1) is 13.7 Å². The van der Waals surface area contributed by atoms with Gasteiger partial charge in [0.25, 0.3) is 5.82 Å². The van der Waals surface area contributed by atoms with Crippen LogP contribution in [0.5, 0.6) is 5.75 Å². The van der Waals surface area contributed by atoms with Crippen LogP contribution in [0.4, 0.5) is 0 Å². The molecule has 0 spiro atoms. The van der Waals surface area contributed by atoms with Gasteiger partial charge in [-0.1, -0.05) is 27.2 Å². The van der Waals surface area contributed by atoms with Gasteiger partial charge >= 0.3 is 5.97 Å². The van der Waals surface area contributed by atoms with Crippen LogP contribution in [0.3, 0.4) is 0 Å². The smallest absolute Gasteiger partial charge is 0.348 e. The lowest BCUT2D eigenvalue weighted by Crippen LogP contribution is -2.44. The summed E-state index contributed by atoms with van der Waals surface area (Å²) in [4.78, 5) is 13.1. The van der Waals surface area contributed by atoms with Crippen LogP contribution in [0.1, 0.15) is 65.1 Å². The minimum Gasteiger partial charge on any atom is -0.497 e. The van der Waals surface area contributed by atoms with Gasteiger partial charge in [-0.3, -0.25) is 0 Å². The molecule has 0 N–H and O–H groups in total. The number of esters is 1. The number of nitrogens with zero attached hydrogens (tertiary/aromatic N) is 2. The maximum atomic E-state index is 13.1. The number of carbonyl (C=O) groups excluding carboxylic acids is 1. The molecule has 0 radical (unpaired) electrons. The van der Waals surface area contributed by atoms with E-state index in [9.17, 15) is 4.79 Å². The molecule has 2 aliphatic rings. The number of methoxy groups -OCH3 is 1. The number of benzene rings is 1. The lowest BCUT2D eigenvalue weighted by atomic mass is 9.75. The van der Waals surface area contributed by atoms with Crippen molar-refractivity contribution in [3.63, 3.8) is 0 Å². The molecular formula is C27H39N2O3+. The first-order valence-corrected chi connectivity index (χ1v) is 12.4. The molecule has 0 amide bonds. The molecule has 1 aromatic heterocycles. The molecule has 5 nitrogen and oxygen atoms in total. The molecule has 5 heteroatoms. The number of fused-ring (bicyclic) bond motifs is 1. The van der Waals surface area contributed by atoms with E-state index < -0.39 is 0 Å². The van der Waals surface area contributed by atoms with Crippen molar-refractivity contribution < 1.29 is 18.8 Å². The van der Waals surface area contributed by atoms with E-state index in [4.69, 9.17) is 9.47 Å². The van der Waals surface area contributed by atoms with Crippen LogP contribution in [0.15, 0.2) is 30.5 Å². The molecule has 0 unspecified atom stereocenters. The Morgan fingerprint density at radius 3 is 2.66 bits per heavy atom. The number of rotatable bonds is 6.